The first-order chi connectivity index (χ1) is 6.27. The van der Waals surface area contributed by atoms with Crippen molar-refractivity contribution in [2.75, 3.05) is 6.54 Å². The minimum absolute atomic E-state index is 0.214. The van der Waals surface area contributed by atoms with E-state index < -0.39 is 0 Å². The fraction of sp³-hybridized carbons (Fsp3) is 0.545. The topological polar surface area (TPSA) is 38.9 Å². The average Bonchev–Trinajstić information content (AvgIpc) is 2.03. The normalized spacial score (nSPS) is 19.5. The van der Waals surface area contributed by atoms with Crippen molar-refractivity contribution < 1.29 is 0 Å². The number of nitrogens with zero attached hydrogens (tertiary/aromatic N) is 1. The summed E-state index contributed by atoms with van der Waals surface area (Å²) < 4.78 is 0. The zero-order chi connectivity index (χ0) is 9.31. The molecule has 1 saturated carbocycles. The molecule has 1 aromatic rings. The lowest BCUT2D eigenvalue weighted by Crippen LogP contribution is -2.42. The summed E-state index contributed by atoms with van der Waals surface area (Å²) in [5, 5.41) is 0. The molecule has 2 heteroatoms. The molecule has 1 aliphatic rings. The van der Waals surface area contributed by atoms with E-state index >= 15 is 0 Å². The van der Waals surface area contributed by atoms with Crippen molar-refractivity contribution >= 4 is 0 Å². The molecule has 2 N–H and O–H groups in total. The van der Waals surface area contributed by atoms with Crippen molar-refractivity contribution in [3.63, 3.8) is 0 Å². The molecule has 1 aromatic heterocycles. The third-order valence-electron chi connectivity index (χ3n) is 3.13. The molecule has 0 amide bonds. The number of rotatable bonds is 2. The summed E-state index contributed by atoms with van der Waals surface area (Å²) >= 11 is 0. The highest BCUT2D eigenvalue weighted by Gasteiger charge is 2.38. The van der Waals surface area contributed by atoms with Crippen LogP contribution in [0.1, 0.15) is 30.7 Å². The Kier molecular flexibility index (Phi) is 2.08. The van der Waals surface area contributed by atoms with Gasteiger partial charge in [0.15, 0.2) is 0 Å². The Morgan fingerprint density at radius 3 is 2.69 bits per heavy atom. The van der Waals surface area contributed by atoms with Crippen molar-refractivity contribution in [1.29, 1.82) is 0 Å². The summed E-state index contributed by atoms with van der Waals surface area (Å²) in [4.78, 5) is 4.56. The van der Waals surface area contributed by atoms with Gasteiger partial charge in [-0.05, 0) is 31.9 Å². The van der Waals surface area contributed by atoms with Gasteiger partial charge < -0.3 is 5.73 Å². The van der Waals surface area contributed by atoms with Gasteiger partial charge in [0, 0.05) is 23.3 Å². The molecule has 0 atom stereocenters. The Morgan fingerprint density at radius 2 is 2.23 bits per heavy atom. The quantitative estimate of drug-likeness (QED) is 0.746. The van der Waals surface area contributed by atoms with E-state index in [0.29, 0.717) is 0 Å². The fourth-order valence-electron chi connectivity index (χ4n) is 2.01. The molecule has 1 aliphatic carbocycles. The molecule has 0 aliphatic heterocycles. The monoisotopic (exact) mass is 176 g/mol. The van der Waals surface area contributed by atoms with Gasteiger partial charge in [0.2, 0.25) is 0 Å². The number of aromatic nitrogens is 1. The van der Waals surface area contributed by atoms with Crippen LogP contribution in [0.3, 0.4) is 0 Å². The maximum atomic E-state index is 5.81. The summed E-state index contributed by atoms with van der Waals surface area (Å²) in [6, 6.07) is 6.22. The maximum Gasteiger partial charge on any atom is 0.0481 e. The molecule has 0 spiro atoms. The van der Waals surface area contributed by atoms with Crippen LogP contribution >= 0.6 is 0 Å². The standard InChI is InChI=1S/C11H16N2/c1-9-4-2-5-10(13-9)11(8-12)6-3-7-11/h2,4-5H,3,6-8,12H2,1H3. The van der Waals surface area contributed by atoms with Crippen LogP contribution in [0.4, 0.5) is 0 Å². The second-order valence-corrected chi connectivity index (χ2v) is 4.00. The third-order valence-corrected chi connectivity index (χ3v) is 3.13. The van der Waals surface area contributed by atoms with E-state index in [9.17, 15) is 0 Å². The maximum absolute atomic E-state index is 5.81. The van der Waals surface area contributed by atoms with E-state index in [1.165, 1.54) is 25.0 Å². The van der Waals surface area contributed by atoms with Crippen molar-refractivity contribution in [2.45, 2.75) is 31.6 Å². The molecule has 0 saturated heterocycles. The van der Waals surface area contributed by atoms with E-state index in [1.807, 2.05) is 13.0 Å². The predicted molar refractivity (Wildman–Crippen MR) is 53.6 cm³/mol. The molecule has 2 rings (SSSR count). The molecule has 13 heavy (non-hydrogen) atoms. The van der Waals surface area contributed by atoms with Gasteiger partial charge in [-0.2, -0.15) is 0 Å². The lowest BCUT2D eigenvalue weighted by atomic mass is 9.66. The molecule has 1 fully saturated rings. The Bertz CT molecular complexity index is 297. The van der Waals surface area contributed by atoms with Gasteiger partial charge in [0.25, 0.3) is 0 Å². The first kappa shape index (κ1) is 8.70. The van der Waals surface area contributed by atoms with Crippen LogP contribution in [0.5, 0.6) is 0 Å². The van der Waals surface area contributed by atoms with E-state index in [1.54, 1.807) is 0 Å². The summed E-state index contributed by atoms with van der Waals surface area (Å²) in [7, 11) is 0. The number of nitrogens with two attached hydrogens (primary N) is 1. The van der Waals surface area contributed by atoms with Crippen LogP contribution in [0, 0.1) is 6.92 Å². The SMILES string of the molecule is Cc1cccc(C2(CN)CCC2)n1. The molecular weight excluding hydrogens is 160 g/mol. The first-order valence-electron chi connectivity index (χ1n) is 4.91. The van der Waals surface area contributed by atoms with E-state index in [0.717, 1.165) is 12.2 Å². The third kappa shape index (κ3) is 1.35. The van der Waals surface area contributed by atoms with Crippen LogP contribution in [0.25, 0.3) is 0 Å². The van der Waals surface area contributed by atoms with Crippen molar-refractivity contribution in [3.05, 3.63) is 29.6 Å². The molecule has 2 nitrogen and oxygen atoms in total. The van der Waals surface area contributed by atoms with Crippen molar-refractivity contribution in [3.8, 4) is 0 Å². The molecule has 1 heterocycles. The number of aryl methyl sites for hydroxylation is 1. The van der Waals surface area contributed by atoms with E-state index in [-0.39, 0.29) is 5.41 Å². The Labute approximate surface area is 79.2 Å². The number of pyridine rings is 1. The van der Waals surface area contributed by atoms with Gasteiger partial charge in [-0.15, -0.1) is 0 Å². The van der Waals surface area contributed by atoms with Crippen LogP contribution in [-0.2, 0) is 5.41 Å². The van der Waals surface area contributed by atoms with Gasteiger partial charge in [-0.25, -0.2) is 0 Å². The lowest BCUT2D eigenvalue weighted by Gasteiger charge is -2.40. The van der Waals surface area contributed by atoms with Crippen LogP contribution in [-0.4, -0.2) is 11.5 Å². The molecule has 0 unspecified atom stereocenters. The van der Waals surface area contributed by atoms with E-state index in [2.05, 4.69) is 17.1 Å². The molecule has 0 bridgehead atoms. The van der Waals surface area contributed by atoms with Crippen molar-refractivity contribution in [2.24, 2.45) is 5.73 Å². The van der Waals surface area contributed by atoms with Crippen molar-refractivity contribution in [1.82, 2.24) is 4.98 Å². The second-order valence-electron chi connectivity index (χ2n) is 4.00. The van der Waals surface area contributed by atoms with Crippen LogP contribution < -0.4 is 5.73 Å². The van der Waals surface area contributed by atoms with Crippen LogP contribution in [0.2, 0.25) is 0 Å². The number of hydrogen-bond acceptors (Lipinski definition) is 2. The zero-order valence-corrected chi connectivity index (χ0v) is 8.09. The molecule has 0 aromatic carbocycles. The summed E-state index contributed by atoms with van der Waals surface area (Å²) in [6.45, 7) is 2.77. The average molecular weight is 176 g/mol. The highest BCUT2D eigenvalue weighted by Crippen LogP contribution is 2.41. The van der Waals surface area contributed by atoms with E-state index in [4.69, 9.17) is 5.73 Å². The van der Waals surface area contributed by atoms with Gasteiger partial charge in [0.1, 0.15) is 0 Å². The number of hydrogen-bond donors (Lipinski definition) is 1. The summed E-state index contributed by atoms with van der Waals surface area (Å²) in [6.07, 6.45) is 3.72. The fourth-order valence-corrected chi connectivity index (χ4v) is 2.01. The van der Waals surface area contributed by atoms with Gasteiger partial charge in [0.05, 0.1) is 0 Å². The van der Waals surface area contributed by atoms with Crippen LogP contribution in [0.15, 0.2) is 18.2 Å². The lowest BCUT2D eigenvalue weighted by molar-refractivity contribution is 0.245. The Morgan fingerprint density at radius 1 is 1.46 bits per heavy atom. The van der Waals surface area contributed by atoms with Gasteiger partial charge in [-0.3, -0.25) is 4.98 Å². The Balaban J connectivity index is 2.33. The predicted octanol–water partition coefficient (Wildman–Crippen LogP) is 1.77. The molecular formula is C11H16N2. The van der Waals surface area contributed by atoms with Gasteiger partial charge in [-0.1, -0.05) is 12.5 Å². The minimum Gasteiger partial charge on any atom is -0.330 e. The highest BCUT2D eigenvalue weighted by molar-refractivity contribution is 5.23. The smallest absolute Gasteiger partial charge is 0.0481 e. The molecule has 70 valence electrons. The second kappa shape index (κ2) is 3.11. The minimum atomic E-state index is 0.214. The zero-order valence-electron chi connectivity index (χ0n) is 8.09. The highest BCUT2D eigenvalue weighted by atomic mass is 14.8. The first-order valence-corrected chi connectivity index (χ1v) is 4.91. The van der Waals surface area contributed by atoms with Gasteiger partial charge >= 0.3 is 0 Å². The summed E-state index contributed by atoms with van der Waals surface area (Å²) in [5.74, 6) is 0. The largest absolute Gasteiger partial charge is 0.330 e. The summed E-state index contributed by atoms with van der Waals surface area (Å²) in [5.41, 5.74) is 8.32. The Hall–Kier alpha value is -0.890. The molecule has 0 radical (unpaired) electrons.